The van der Waals surface area contributed by atoms with Crippen LogP contribution in [-0.4, -0.2) is 73.0 Å². The molecule has 23 heavy (non-hydrogen) atoms. The molecule has 1 amide bonds. The number of piperidine rings is 1. The summed E-state index contributed by atoms with van der Waals surface area (Å²) in [6.45, 7) is 5.39. The zero-order valence-corrected chi connectivity index (χ0v) is 15.3. The molecule has 0 aromatic carbocycles. The molecule has 0 N–H and O–H groups in total. The minimum absolute atomic E-state index is 0.302. The molecular formula is C18H29N3OS. The zero-order chi connectivity index (χ0) is 16.3. The van der Waals surface area contributed by atoms with Gasteiger partial charge in [0.1, 0.15) is 0 Å². The second-order valence-electron chi connectivity index (χ2n) is 7.31. The summed E-state index contributed by atoms with van der Waals surface area (Å²) < 4.78 is 0. The van der Waals surface area contributed by atoms with Crippen LogP contribution in [0, 0.1) is 0 Å². The van der Waals surface area contributed by atoms with Gasteiger partial charge in [-0.15, -0.1) is 0 Å². The summed E-state index contributed by atoms with van der Waals surface area (Å²) in [6, 6.07) is 2.06. The molecule has 0 aliphatic carbocycles. The summed E-state index contributed by atoms with van der Waals surface area (Å²) in [5.41, 5.74) is 1.53. The lowest BCUT2D eigenvalue weighted by molar-refractivity contribution is -0.133. The Balaban J connectivity index is 1.53. The second-order valence-corrected chi connectivity index (χ2v) is 8.09. The van der Waals surface area contributed by atoms with Crippen molar-refractivity contribution in [3.8, 4) is 0 Å². The maximum atomic E-state index is 12.5. The lowest BCUT2D eigenvalue weighted by atomic mass is 9.84. The Labute approximate surface area is 144 Å². The van der Waals surface area contributed by atoms with Crippen molar-refractivity contribution in [1.29, 1.82) is 0 Å². The van der Waals surface area contributed by atoms with Crippen molar-refractivity contribution in [1.82, 2.24) is 14.7 Å². The summed E-state index contributed by atoms with van der Waals surface area (Å²) in [6.07, 6.45) is 5.50. The fourth-order valence-corrected chi connectivity index (χ4v) is 4.75. The van der Waals surface area contributed by atoms with E-state index >= 15 is 0 Å². The Morgan fingerprint density at radius 3 is 2.70 bits per heavy atom. The molecule has 2 aliphatic heterocycles. The van der Waals surface area contributed by atoms with Crippen LogP contribution < -0.4 is 0 Å². The third kappa shape index (κ3) is 3.95. The van der Waals surface area contributed by atoms with Crippen molar-refractivity contribution in [2.24, 2.45) is 0 Å². The lowest BCUT2D eigenvalue weighted by Crippen LogP contribution is -2.54. The molecule has 4 nitrogen and oxygen atoms in total. The molecular weight excluding hydrogens is 306 g/mol. The number of carbonyl (C=O) groups is 1. The molecule has 1 aromatic heterocycles. The van der Waals surface area contributed by atoms with E-state index in [1.807, 2.05) is 0 Å². The first kappa shape index (κ1) is 16.9. The van der Waals surface area contributed by atoms with Crippen LogP contribution >= 0.6 is 11.3 Å². The molecule has 0 bridgehead atoms. The summed E-state index contributed by atoms with van der Waals surface area (Å²) in [7, 11) is 4.29. The number of likely N-dealkylation sites (tertiary alicyclic amines) is 2. The third-order valence-electron chi connectivity index (χ3n) is 5.54. The predicted octanol–water partition coefficient (Wildman–Crippen LogP) is 2.31. The van der Waals surface area contributed by atoms with E-state index in [0.717, 1.165) is 44.6 Å². The van der Waals surface area contributed by atoms with Crippen molar-refractivity contribution in [2.75, 3.05) is 46.8 Å². The first-order valence-corrected chi connectivity index (χ1v) is 9.72. The SMILES string of the molecule is CN(C)CCN1CCCC12CCN(C(=O)Cc1ccsc1)CC2. The maximum absolute atomic E-state index is 12.5. The number of nitrogens with zero attached hydrogens (tertiary/aromatic N) is 3. The zero-order valence-electron chi connectivity index (χ0n) is 14.5. The van der Waals surface area contributed by atoms with Crippen LogP contribution in [0.15, 0.2) is 16.8 Å². The van der Waals surface area contributed by atoms with Crippen LogP contribution in [0.2, 0.25) is 0 Å². The van der Waals surface area contributed by atoms with Gasteiger partial charge in [-0.1, -0.05) is 0 Å². The molecule has 3 rings (SSSR count). The van der Waals surface area contributed by atoms with E-state index in [-0.39, 0.29) is 0 Å². The summed E-state index contributed by atoms with van der Waals surface area (Å²) in [5, 5.41) is 4.14. The van der Waals surface area contributed by atoms with E-state index in [9.17, 15) is 4.79 Å². The Morgan fingerprint density at radius 2 is 2.04 bits per heavy atom. The van der Waals surface area contributed by atoms with E-state index < -0.39 is 0 Å². The predicted molar refractivity (Wildman–Crippen MR) is 95.9 cm³/mol. The van der Waals surface area contributed by atoms with Crippen LogP contribution in [0.25, 0.3) is 0 Å². The average Bonchev–Trinajstić information content (AvgIpc) is 3.16. The number of thiophene rings is 1. The minimum Gasteiger partial charge on any atom is -0.342 e. The van der Waals surface area contributed by atoms with Gasteiger partial charge in [0.2, 0.25) is 5.91 Å². The van der Waals surface area contributed by atoms with Crippen molar-refractivity contribution in [2.45, 2.75) is 37.6 Å². The normalized spacial score (nSPS) is 21.4. The van der Waals surface area contributed by atoms with Gasteiger partial charge in [-0.3, -0.25) is 9.69 Å². The molecule has 5 heteroatoms. The number of hydrogen-bond acceptors (Lipinski definition) is 4. The smallest absolute Gasteiger partial charge is 0.227 e. The number of amides is 1. The maximum Gasteiger partial charge on any atom is 0.227 e. The Hall–Kier alpha value is -0.910. The Morgan fingerprint density at radius 1 is 1.26 bits per heavy atom. The van der Waals surface area contributed by atoms with Crippen molar-refractivity contribution >= 4 is 17.2 Å². The first-order chi connectivity index (χ1) is 11.1. The molecule has 0 unspecified atom stereocenters. The van der Waals surface area contributed by atoms with Gasteiger partial charge < -0.3 is 9.80 Å². The topological polar surface area (TPSA) is 26.8 Å². The van der Waals surface area contributed by atoms with Crippen LogP contribution in [0.1, 0.15) is 31.2 Å². The molecule has 2 aliphatic rings. The van der Waals surface area contributed by atoms with E-state index in [1.165, 1.54) is 19.4 Å². The highest BCUT2D eigenvalue weighted by atomic mass is 32.1. The summed E-state index contributed by atoms with van der Waals surface area (Å²) >= 11 is 1.67. The van der Waals surface area contributed by atoms with Crippen molar-refractivity contribution in [3.05, 3.63) is 22.4 Å². The average molecular weight is 336 g/mol. The largest absolute Gasteiger partial charge is 0.342 e. The van der Waals surface area contributed by atoms with Gasteiger partial charge in [-0.2, -0.15) is 11.3 Å². The van der Waals surface area contributed by atoms with E-state index in [2.05, 4.69) is 45.6 Å². The standard InChI is InChI=1S/C18H29N3OS/c1-19(2)11-12-21-8-3-5-18(21)6-9-20(10-7-18)17(22)14-16-4-13-23-15-16/h4,13,15H,3,5-12,14H2,1-2H3. The number of hydrogen-bond donors (Lipinski definition) is 0. The van der Waals surface area contributed by atoms with Crippen LogP contribution in [0.5, 0.6) is 0 Å². The molecule has 0 atom stereocenters. The van der Waals surface area contributed by atoms with Gasteiger partial charge in [0.25, 0.3) is 0 Å². The van der Waals surface area contributed by atoms with Gasteiger partial charge in [0, 0.05) is 31.7 Å². The van der Waals surface area contributed by atoms with Crippen molar-refractivity contribution in [3.63, 3.8) is 0 Å². The fraction of sp³-hybridized carbons (Fsp3) is 0.722. The van der Waals surface area contributed by atoms with E-state index in [0.29, 0.717) is 17.9 Å². The molecule has 0 radical (unpaired) electrons. The quantitative estimate of drug-likeness (QED) is 0.826. The van der Waals surface area contributed by atoms with Crippen LogP contribution in [0.3, 0.4) is 0 Å². The van der Waals surface area contributed by atoms with Gasteiger partial charge in [0.05, 0.1) is 6.42 Å². The van der Waals surface area contributed by atoms with Gasteiger partial charge in [-0.05, 0) is 68.7 Å². The molecule has 1 aromatic rings. The monoisotopic (exact) mass is 335 g/mol. The molecule has 2 saturated heterocycles. The number of carbonyl (C=O) groups excluding carboxylic acids is 1. The summed E-state index contributed by atoms with van der Waals surface area (Å²) in [5.74, 6) is 0.302. The second kappa shape index (κ2) is 7.32. The number of rotatable bonds is 5. The molecule has 3 heterocycles. The fourth-order valence-electron chi connectivity index (χ4n) is 4.08. The van der Waals surface area contributed by atoms with E-state index in [4.69, 9.17) is 0 Å². The first-order valence-electron chi connectivity index (χ1n) is 8.78. The lowest BCUT2D eigenvalue weighted by Gasteiger charge is -2.45. The highest BCUT2D eigenvalue weighted by Crippen LogP contribution is 2.38. The van der Waals surface area contributed by atoms with Crippen molar-refractivity contribution < 1.29 is 4.79 Å². The van der Waals surface area contributed by atoms with Crippen LogP contribution in [-0.2, 0) is 11.2 Å². The number of likely N-dealkylation sites (N-methyl/N-ethyl adjacent to an activating group) is 1. The van der Waals surface area contributed by atoms with Gasteiger partial charge in [0.15, 0.2) is 0 Å². The Bertz CT molecular complexity index is 506. The van der Waals surface area contributed by atoms with Crippen LogP contribution in [0.4, 0.5) is 0 Å². The molecule has 2 fully saturated rings. The summed E-state index contributed by atoms with van der Waals surface area (Å²) in [4.78, 5) is 19.5. The highest BCUT2D eigenvalue weighted by molar-refractivity contribution is 7.07. The highest BCUT2D eigenvalue weighted by Gasteiger charge is 2.43. The molecule has 128 valence electrons. The molecule has 1 spiro atoms. The Kier molecular flexibility index (Phi) is 5.39. The van der Waals surface area contributed by atoms with Gasteiger partial charge >= 0.3 is 0 Å². The third-order valence-corrected chi connectivity index (χ3v) is 6.27. The minimum atomic E-state index is 0.302. The molecule has 0 saturated carbocycles. The van der Waals surface area contributed by atoms with Gasteiger partial charge in [-0.25, -0.2) is 0 Å². The van der Waals surface area contributed by atoms with E-state index in [1.54, 1.807) is 11.3 Å².